The average Bonchev–Trinajstić information content (AvgIpc) is 3.19. The van der Waals surface area contributed by atoms with Crippen molar-refractivity contribution >= 4 is 22.8 Å². The normalized spacial score (nSPS) is 11.8. The van der Waals surface area contributed by atoms with Gasteiger partial charge in [0.05, 0.1) is 6.61 Å². The maximum Gasteiger partial charge on any atom is 0.147 e. The summed E-state index contributed by atoms with van der Waals surface area (Å²) in [6, 6.07) is 18.0. The number of nitrogens with zero attached hydrogens (tertiary/aromatic N) is 3. The van der Waals surface area contributed by atoms with Gasteiger partial charge in [0.2, 0.25) is 0 Å². The Morgan fingerprint density at radius 2 is 1.64 bits per heavy atom. The summed E-state index contributed by atoms with van der Waals surface area (Å²) in [4.78, 5) is 3.70. The van der Waals surface area contributed by atoms with Gasteiger partial charge in [-0.2, -0.15) is 0 Å². The van der Waals surface area contributed by atoms with Gasteiger partial charge >= 0.3 is 0 Å². The third kappa shape index (κ3) is 5.31. The van der Waals surface area contributed by atoms with E-state index in [-0.39, 0.29) is 17.8 Å². The molecule has 0 amide bonds. The zero-order chi connectivity index (χ0) is 23.6. The van der Waals surface area contributed by atoms with Crippen molar-refractivity contribution in [2.24, 2.45) is 0 Å². The molecule has 0 saturated heterocycles. The summed E-state index contributed by atoms with van der Waals surface area (Å²) in [6.45, 7) is 8.62. The number of aromatic hydroxyl groups is 1. The number of hydrogen-bond donors (Lipinski definition) is 2. The molecule has 0 spiro atoms. The highest BCUT2D eigenvalue weighted by atomic mass is 32.2. The summed E-state index contributed by atoms with van der Waals surface area (Å²) < 4.78 is 5.82. The van der Waals surface area contributed by atoms with E-state index in [1.54, 1.807) is 17.8 Å². The van der Waals surface area contributed by atoms with Gasteiger partial charge in [0.15, 0.2) is 0 Å². The predicted octanol–water partition coefficient (Wildman–Crippen LogP) is 5.64. The van der Waals surface area contributed by atoms with Crippen LogP contribution in [-0.2, 0) is 5.41 Å². The minimum Gasteiger partial charge on any atom is -0.505 e. The molecule has 0 bridgehead atoms. The molecule has 3 aromatic carbocycles. The summed E-state index contributed by atoms with van der Waals surface area (Å²) in [5.74, 6) is 0.740. The van der Waals surface area contributed by atoms with Crippen molar-refractivity contribution in [3.63, 3.8) is 0 Å². The molecule has 0 fully saturated rings. The van der Waals surface area contributed by atoms with E-state index >= 15 is 0 Å². The fourth-order valence-corrected chi connectivity index (χ4v) is 4.31. The Kier molecular flexibility index (Phi) is 6.63. The fourth-order valence-electron chi connectivity index (χ4n) is 3.46. The first-order valence-electron chi connectivity index (χ1n) is 11.0. The molecule has 33 heavy (non-hydrogen) atoms. The summed E-state index contributed by atoms with van der Waals surface area (Å²) in [7, 11) is 0. The maximum absolute atomic E-state index is 11.1. The van der Waals surface area contributed by atoms with Crippen LogP contribution in [0.25, 0.3) is 16.7 Å². The number of fused-ring (bicyclic) bond motifs is 1. The molecular weight excluding hydrogens is 434 g/mol. The number of aryl methyl sites for hydroxylation is 1. The van der Waals surface area contributed by atoms with Crippen LogP contribution in [0.5, 0.6) is 11.5 Å². The van der Waals surface area contributed by atoms with Crippen molar-refractivity contribution in [1.82, 2.24) is 15.0 Å². The Bertz CT molecular complexity index is 1260. The molecular formula is C26H29N3O3S. The van der Waals surface area contributed by atoms with E-state index in [2.05, 4.69) is 41.4 Å². The first-order chi connectivity index (χ1) is 15.7. The molecule has 6 nitrogen and oxygen atoms in total. The number of phenols is 1. The van der Waals surface area contributed by atoms with Crippen LogP contribution in [0.2, 0.25) is 0 Å². The van der Waals surface area contributed by atoms with Gasteiger partial charge in [-0.1, -0.05) is 50.2 Å². The second kappa shape index (κ2) is 9.45. The first kappa shape index (κ1) is 23.1. The van der Waals surface area contributed by atoms with E-state index in [9.17, 15) is 5.11 Å². The van der Waals surface area contributed by atoms with Crippen LogP contribution in [0.15, 0.2) is 64.4 Å². The van der Waals surface area contributed by atoms with Crippen LogP contribution in [0.4, 0.5) is 0 Å². The first-order valence-corrected chi connectivity index (χ1v) is 11.8. The van der Waals surface area contributed by atoms with Gasteiger partial charge < -0.3 is 14.9 Å². The number of hydrogen-bond acceptors (Lipinski definition) is 6. The summed E-state index contributed by atoms with van der Waals surface area (Å²) in [5.41, 5.74) is 3.62. The maximum atomic E-state index is 11.1. The van der Waals surface area contributed by atoms with Crippen molar-refractivity contribution in [3.8, 4) is 17.2 Å². The number of phenolic OH excluding ortho intramolecular Hbond substituents is 1. The molecule has 0 atom stereocenters. The minimum atomic E-state index is -0.306. The molecule has 2 N–H and O–H groups in total. The number of aromatic nitrogens is 3. The fraction of sp³-hybridized carbons (Fsp3) is 0.308. The van der Waals surface area contributed by atoms with Crippen LogP contribution in [0.3, 0.4) is 0 Å². The van der Waals surface area contributed by atoms with Crippen LogP contribution in [0.1, 0.15) is 38.3 Å². The molecule has 7 heteroatoms. The van der Waals surface area contributed by atoms with Crippen molar-refractivity contribution in [2.75, 3.05) is 13.2 Å². The Morgan fingerprint density at radius 3 is 2.33 bits per heavy atom. The lowest BCUT2D eigenvalue weighted by Crippen LogP contribution is -2.14. The van der Waals surface area contributed by atoms with E-state index < -0.39 is 0 Å². The molecule has 1 heterocycles. The number of benzene rings is 3. The number of ether oxygens (including phenoxy) is 1. The van der Waals surface area contributed by atoms with Gasteiger partial charge in [0.25, 0.3) is 0 Å². The van der Waals surface area contributed by atoms with Gasteiger partial charge in [0, 0.05) is 34.4 Å². The van der Waals surface area contributed by atoms with E-state index in [1.165, 1.54) is 10.4 Å². The molecule has 4 rings (SSSR count). The standard InChI is InChI=1S/C26H29N3O3S/c1-17-6-8-19(9-7-17)33-20-10-11-22-23(16-20)28-29(27-22)24-15-18(32-13-5-12-30)14-21(25(24)31)26(2,3)4/h6-11,14-16,30-31H,5,12-13H2,1-4H3. The molecule has 1 aromatic heterocycles. The predicted molar refractivity (Wildman–Crippen MR) is 132 cm³/mol. The Hall–Kier alpha value is -3.03. The zero-order valence-corrected chi connectivity index (χ0v) is 20.2. The third-order valence-electron chi connectivity index (χ3n) is 5.27. The lowest BCUT2D eigenvalue weighted by Gasteiger charge is -2.23. The molecule has 0 radical (unpaired) electrons. The molecule has 0 aliphatic rings. The lowest BCUT2D eigenvalue weighted by atomic mass is 9.86. The van der Waals surface area contributed by atoms with E-state index in [0.717, 1.165) is 26.4 Å². The highest BCUT2D eigenvalue weighted by Gasteiger charge is 2.24. The monoisotopic (exact) mass is 463 g/mol. The quantitative estimate of drug-likeness (QED) is 0.345. The second-order valence-corrected chi connectivity index (χ2v) is 10.2. The van der Waals surface area contributed by atoms with Gasteiger partial charge in [-0.15, -0.1) is 15.0 Å². The summed E-state index contributed by atoms with van der Waals surface area (Å²) in [6.07, 6.45) is 0.534. The van der Waals surface area contributed by atoms with Crippen LogP contribution < -0.4 is 4.74 Å². The Morgan fingerprint density at radius 1 is 0.939 bits per heavy atom. The third-order valence-corrected chi connectivity index (χ3v) is 6.26. The smallest absolute Gasteiger partial charge is 0.147 e. The molecule has 4 aromatic rings. The lowest BCUT2D eigenvalue weighted by molar-refractivity contribution is 0.233. The van der Waals surface area contributed by atoms with Crippen LogP contribution >= 0.6 is 11.8 Å². The van der Waals surface area contributed by atoms with Crippen LogP contribution in [-0.4, -0.2) is 38.4 Å². The van der Waals surface area contributed by atoms with Gasteiger partial charge in [-0.3, -0.25) is 0 Å². The SMILES string of the molecule is Cc1ccc(Sc2ccc3nn(-c4cc(OCCCO)cc(C(C)(C)C)c4O)nc3c2)cc1. The zero-order valence-electron chi connectivity index (χ0n) is 19.4. The number of aliphatic hydroxyl groups excluding tert-OH is 1. The van der Waals surface area contributed by atoms with Gasteiger partial charge in [-0.05, 0) is 48.7 Å². The molecule has 172 valence electrons. The van der Waals surface area contributed by atoms with Crippen molar-refractivity contribution in [3.05, 3.63) is 65.7 Å². The highest BCUT2D eigenvalue weighted by Crippen LogP contribution is 2.38. The van der Waals surface area contributed by atoms with Crippen LogP contribution in [0, 0.1) is 6.92 Å². The molecule has 0 aliphatic heterocycles. The topological polar surface area (TPSA) is 80.4 Å². The Labute approximate surface area is 198 Å². The van der Waals surface area contributed by atoms with E-state index in [0.29, 0.717) is 24.5 Å². The second-order valence-electron chi connectivity index (χ2n) is 9.07. The van der Waals surface area contributed by atoms with Crippen molar-refractivity contribution < 1.29 is 14.9 Å². The van der Waals surface area contributed by atoms with Gasteiger partial charge in [0.1, 0.15) is 28.2 Å². The number of aliphatic hydroxyl groups is 1. The average molecular weight is 464 g/mol. The molecule has 0 unspecified atom stereocenters. The summed E-state index contributed by atoms with van der Waals surface area (Å²) in [5, 5.41) is 29.4. The largest absolute Gasteiger partial charge is 0.505 e. The minimum absolute atomic E-state index is 0.0616. The van der Waals surface area contributed by atoms with Crippen molar-refractivity contribution in [2.45, 2.75) is 49.3 Å². The van der Waals surface area contributed by atoms with Crippen molar-refractivity contribution in [1.29, 1.82) is 0 Å². The van der Waals surface area contributed by atoms with E-state index in [1.807, 2.05) is 45.0 Å². The van der Waals surface area contributed by atoms with E-state index in [4.69, 9.17) is 9.84 Å². The molecule has 0 aliphatic carbocycles. The summed E-state index contributed by atoms with van der Waals surface area (Å²) >= 11 is 1.67. The highest BCUT2D eigenvalue weighted by molar-refractivity contribution is 7.99. The molecule has 0 saturated carbocycles. The van der Waals surface area contributed by atoms with Gasteiger partial charge in [-0.25, -0.2) is 0 Å². The Balaban J connectivity index is 1.71. The number of rotatable bonds is 7.